The minimum atomic E-state index is 0.277. The Morgan fingerprint density at radius 2 is 1.88 bits per heavy atom. The van der Waals surface area contributed by atoms with Crippen LogP contribution in [-0.2, 0) is 13.1 Å². The van der Waals surface area contributed by atoms with Crippen molar-refractivity contribution < 1.29 is 14.2 Å². The molecular weight excluding hydrogens is 302 g/mol. The third-order valence-corrected chi connectivity index (χ3v) is 3.74. The van der Waals surface area contributed by atoms with Gasteiger partial charge in [-0.2, -0.15) is 0 Å². The molecule has 0 radical (unpaired) electrons. The quantitative estimate of drug-likeness (QED) is 0.829. The van der Waals surface area contributed by atoms with E-state index < -0.39 is 0 Å². The van der Waals surface area contributed by atoms with E-state index in [0.717, 1.165) is 41.3 Å². The summed E-state index contributed by atoms with van der Waals surface area (Å²) in [4.78, 5) is 0. The van der Waals surface area contributed by atoms with Gasteiger partial charge in [0, 0.05) is 25.1 Å². The summed E-state index contributed by atoms with van der Waals surface area (Å²) in [7, 11) is 0. The predicted octanol–water partition coefficient (Wildman–Crippen LogP) is 3.15. The van der Waals surface area contributed by atoms with Crippen molar-refractivity contribution in [1.82, 2.24) is 5.32 Å². The van der Waals surface area contributed by atoms with E-state index in [1.54, 1.807) is 0 Å². The Balaban J connectivity index is 1.59. The highest BCUT2D eigenvalue weighted by atomic mass is 16.5. The van der Waals surface area contributed by atoms with E-state index in [1.807, 2.05) is 36.4 Å². The maximum Gasteiger partial charge on any atom is 0.161 e. The van der Waals surface area contributed by atoms with Gasteiger partial charge in [-0.05, 0) is 23.8 Å². The summed E-state index contributed by atoms with van der Waals surface area (Å²) < 4.78 is 16.9. The lowest BCUT2D eigenvalue weighted by molar-refractivity contribution is 0.297. The molecule has 0 aromatic heterocycles. The van der Waals surface area contributed by atoms with E-state index in [1.165, 1.54) is 0 Å². The molecule has 24 heavy (non-hydrogen) atoms. The van der Waals surface area contributed by atoms with E-state index in [9.17, 15) is 0 Å². The molecule has 2 aromatic carbocycles. The van der Waals surface area contributed by atoms with Crippen LogP contribution < -0.4 is 19.5 Å². The SMILES string of the molecule is C#CCOc1ccccc1CNCc1ccc2c(c1)OCCCO2. The summed E-state index contributed by atoms with van der Waals surface area (Å²) in [5.41, 5.74) is 2.24. The smallest absolute Gasteiger partial charge is 0.161 e. The molecule has 0 aliphatic carbocycles. The van der Waals surface area contributed by atoms with Gasteiger partial charge in [-0.25, -0.2) is 0 Å². The molecule has 1 heterocycles. The maximum absolute atomic E-state index is 5.73. The highest BCUT2D eigenvalue weighted by Gasteiger charge is 2.10. The Morgan fingerprint density at radius 3 is 2.75 bits per heavy atom. The summed E-state index contributed by atoms with van der Waals surface area (Å²) in [6.07, 6.45) is 6.17. The van der Waals surface area contributed by atoms with Gasteiger partial charge in [0.05, 0.1) is 13.2 Å². The number of hydrogen-bond acceptors (Lipinski definition) is 4. The molecule has 4 nitrogen and oxygen atoms in total. The van der Waals surface area contributed by atoms with Crippen molar-refractivity contribution in [2.45, 2.75) is 19.5 Å². The van der Waals surface area contributed by atoms with Gasteiger partial charge in [0.2, 0.25) is 0 Å². The predicted molar refractivity (Wildman–Crippen MR) is 93.4 cm³/mol. The molecular formula is C20H21NO3. The van der Waals surface area contributed by atoms with Gasteiger partial charge in [0.25, 0.3) is 0 Å². The van der Waals surface area contributed by atoms with Crippen molar-refractivity contribution in [2.24, 2.45) is 0 Å². The fourth-order valence-electron chi connectivity index (χ4n) is 2.57. The Hall–Kier alpha value is -2.64. The van der Waals surface area contributed by atoms with Crippen LogP contribution in [0.15, 0.2) is 42.5 Å². The van der Waals surface area contributed by atoms with Gasteiger partial charge in [-0.3, -0.25) is 0 Å². The Bertz CT molecular complexity index is 721. The second-order valence-electron chi connectivity index (χ2n) is 5.54. The van der Waals surface area contributed by atoms with Gasteiger partial charge >= 0.3 is 0 Å². The van der Waals surface area contributed by atoms with Gasteiger partial charge in [0.15, 0.2) is 11.5 Å². The standard InChI is InChI=1S/C20H21NO3/c1-2-10-22-18-7-4-3-6-17(18)15-21-14-16-8-9-19-20(13-16)24-12-5-11-23-19/h1,3-4,6-9,13,21H,5,10-12,14-15H2. The molecule has 0 saturated carbocycles. The van der Waals surface area contributed by atoms with E-state index >= 15 is 0 Å². The number of nitrogens with one attached hydrogen (secondary N) is 1. The van der Waals surface area contributed by atoms with Crippen LogP contribution in [0.1, 0.15) is 17.5 Å². The van der Waals surface area contributed by atoms with Crippen LogP contribution in [0.2, 0.25) is 0 Å². The van der Waals surface area contributed by atoms with Gasteiger partial charge in [-0.15, -0.1) is 6.42 Å². The molecule has 0 amide bonds. The summed E-state index contributed by atoms with van der Waals surface area (Å²) in [5, 5.41) is 3.43. The number of terminal acetylenes is 1. The summed E-state index contributed by atoms with van der Waals surface area (Å²) >= 11 is 0. The van der Waals surface area contributed by atoms with Crippen LogP contribution >= 0.6 is 0 Å². The Morgan fingerprint density at radius 1 is 1.04 bits per heavy atom. The highest BCUT2D eigenvalue weighted by molar-refractivity contribution is 5.43. The molecule has 2 aromatic rings. The van der Waals surface area contributed by atoms with Crippen molar-refractivity contribution in [3.8, 4) is 29.6 Å². The second-order valence-corrected chi connectivity index (χ2v) is 5.54. The third-order valence-electron chi connectivity index (χ3n) is 3.74. The Labute approximate surface area is 142 Å². The lowest BCUT2D eigenvalue weighted by Crippen LogP contribution is -2.13. The van der Waals surface area contributed by atoms with Crippen LogP contribution in [0.4, 0.5) is 0 Å². The first kappa shape index (κ1) is 16.2. The summed E-state index contributed by atoms with van der Waals surface area (Å²) in [6, 6.07) is 14.0. The zero-order valence-electron chi connectivity index (χ0n) is 13.6. The average molecular weight is 323 g/mol. The van der Waals surface area contributed by atoms with E-state index in [4.69, 9.17) is 20.6 Å². The van der Waals surface area contributed by atoms with Crippen molar-refractivity contribution in [3.63, 3.8) is 0 Å². The highest BCUT2D eigenvalue weighted by Crippen LogP contribution is 2.30. The molecule has 124 valence electrons. The third kappa shape index (κ3) is 4.21. The zero-order chi connectivity index (χ0) is 16.6. The number of benzene rings is 2. The van der Waals surface area contributed by atoms with Gasteiger partial charge in [-0.1, -0.05) is 30.2 Å². The molecule has 4 heteroatoms. The number of hydrogen-bond donors (Lipinski definition) is 1. The molecule has 1 N–H and O–H groups in total. The number of para-hydroxylation sites is 1. The largest absolute Gasteiger partial charge is 0.490 e. The van der Waals surface area contributed by atoms with Crippen molar-refractivity contribution in [3.05, 3.63) is 53.6 Å². The lowest BCUT2D eigenvalue weighted by atomic mass is 10.1. The minimum Gasteiger partial charge on any atom is -0.490 e. The Kier molecular flexibility index (Phi) is 5.60. The lowest BCUT2D eigenvalue weighted by Gasteiger charge is -2.12. The summed E-state index contributed by atoms with van der Waals surface area (Å²) in [6.45, 7) is 3.12. The fourth-order valence-corrected chi connectivity index (χ4v) is 2.57. The minimum absolute atomic E-state index is 0.277. The monoisotopic (exact) mass is 323 g/mol. The van der Waals surface area contributed by atoms with Crippen molar-refractivity contribution in [1.29, 1.82) is 0 Å². The molecule has 0 bridgehead atoms. The van der Waals surface area contributed by atoms with Crippen LogP contribution in [0.25, 0.3) is 0 Å². The first-order valence-corrected chi connectivity index (χ1v) is 8.10. The molecule has 1 aliphatic heterocycles. The van der Waals surface area contributed by atoms with E-state index in [0.29, 0.717) is 19.8 Å². The molecule has 0 fully saturated rings. The topological polar surface area (TPSA) is 39.7 Å². The molecule has 0 spiro atoms. The van der Waals surface area contributed by atoms with Crippen LogP contribution in [0, 0.1) is 12.3 Å². The average Bonchev–Trinajstić information content (AvgIpc) is 2.86. The number of ether oxygens (including phenoxy) is 3. The first-order chi connectivity index (χ1) is 11.9. The van der Waals surface area contributed by atoms with Crippen LogP contribution in [0.5, 0.6) is 17.2 Å². The van der Waals surface area contributed by atoms with E-state index in [2.05, 4.69) is 17.3 Å². The second kappa shape index (κ2) is 8.28. The fraction of sp³-hybridized carbons (Fsp3) is 0.300. The molecule has 0 unspecified atom stereocenters. The number of fused-ring (bicyclic) bond motifs is 1. The van der Waals surface area contributed by atoms with Crippen LogP contribution in [0.3, 0.4) is 0 Å². The van der Waals surface area contributed by atoms with Crippen molar-refractivity contribution >= 4 is 0 Å². The van der Waals surface area contributed by atoms with Crippen molar-refractivity contribution in [2.75, 3.05) is 19.8 Å². The maximum atomic E-state index is 5.73. The zero-order valence-corrected chi connectivity index (χ0v) is 13.6. The molecule has 0 saturated heterocycles. The van der Waals surface area contributed by atoms with Gasteiger partial charge < -0.3 is 19.5 Å². The summed E-state index contributed by atoms with van der Waals surface area (Å²) in [5.74, 6) is 4.96. The normalized spacial score (nSPS) is 13.0. The van der Waals surface area contributed by atoms with Gasteiger partial charge in [0.1, 0.15) is 12.4 Å². The molecule has 3 rings (SSSR count). The molecule has 0 atom stereocenters. The van der Waals surface area contributed by atoms with Crippen LogP contribution in [-0.4, -0.2) is 19.8 Å². The molecule has 1 aliphatic rings. The van der Waals surface area contributed by atoms with E-state index in [-0.39, 0.29) is 6.61 Å². The first-order valence-electron chi connectivity index (χ1n) is 8.10. The number of rotatable bonds is 6.